The van der Waals surface area contributed by atoms with Crippen LogP contribution >= 0.6 is 0 Å². The normalized spacial score (nSPS) is 11.4. The van der Waals surface area contributed by atoms with E-state index in [1.807, 2.05) is 0 Å². The van der Waals surface area contributed by atoms with Crippen LogP contribution in [0.15, 0.2) is 24.3 Å². The van der Waals surface area contributed by atoms with Gasteiger partial charge in [0, 0.05) is 13.0 Å². The molecular formula is C12H13F4NO2. The smallest absolute Gasteiger partial charge is 0.372 e. The zero-order valence-electron chi connectivity index (χ0n) is 9.97. The Bertz CT molecular complexity index is 403. The third kappa shape index (κ3) is 7.40. The average molecular weight is 279 g/mol. The number of carbonyl (C=O) groups is 1. The number of amides is 1. The van der Waals surface area contributed by atoms with E-state index in [2.05, 4.69) is 10.1 Å². The molecule has 0 heterocycles. The van der Waals surface area contributed by atoms with Crippen molar-refractivity contribution in [2.24, 2.45) is 0 Å². The van der Waals surface area contributed by atoms with E-state index in [9.17, 15) is 22.4 Å². The summed E-state index contributed by atoms with van der Waals surface area (Å²) >= 11 is 0. The monoisotopic (exact) mass is 279 g/mol. The van der Waals surface area contributed by atoms with Gasteiger partial charge in [0.05, 0.1) is 6.61 Å². The van der Waals surface area contributed by atoms with Crippen LogP contribution in [-0.4, -0.2) is 25.3 Å². The van der Waals surface area contributed by atoms with Gasteiger partial charge in [-0.1, -0.05) is 12.1 Å². The average Bonchev–Trinajstić information content (AvgIpc) is 2.33. The van der Waals surface area contributed by atoms with Crippen molar-refractivity contribution in [3.05, 3.63) is 35.6 Å². The molecule has 1 rings (SSSR count). The summed E-state index contributed by atoms with van der Waals surface area (Å²) in [6.45, 7) is -1.47. The Hall–Kier alpha value is -1.63. The molecule has 0 aliphatic heterocycles. The summed E-state index contributed by atoms with van der Waals surface area (Å²) in [5.74, 6) is -0.804. The van der Waals surface area contributed by atoms with Crippen molar-refractivity contribution >= 4 is 5.91 Å². The summed E-state index contributed by atoms with van der Waals surface area (Å²) in [7, 11) is 0. The number of halogens is 4. The fraction of sp³-hybridized carbons (Fsp3) is 0.417. The van der Waals surface area contributed by atoms with Gasteiger partial charge in [0.15, 0.2) is 0 Å². The minimum atomic E-state index is -4.38. The third-order valence-electron chi connectivity index (χ3n) is 2.14. The molecule has 7 heteroatoms. The van der Waals surface area contributed by atoms with E-state index in [0.717, 1.165) is 0 Å². The predicted octanol–water partition coefficient (Wildman–Crippen LogP) is 2.41. The number of benzene rings is 1. The van der Waals surface area contributed by atoms with E-state index in [1.54, 1.807) is 0 Å². The van der Waals surface area contributed by atoms with E-state index >= 15 is 0 Å². The van der Waals surface area contributed by atoms with Crippen LogP contribution in [0.1, 0.15) is 12.0 Å². The summed E-state index contributed by atoms with van der Waals surface area (Å²) in [6.07, 6.45) is -4.54. The lowest BCUT2D eigenvalue weighted by Gasteiger charge is -2.08. The number of ether oxygens (including phenoxy) is 1. The fourth-order valence-corrected chi connectivity index (χ4v) is 1.24. The molecule has 0 saturated heterocycles. The first kappa shape index (κ1) is 15.4. The molecule has 0 spiro atoms. The first-order chi connectivity index (χ1) is 8.87. The summed E-state index contributed by atoms with van der Waals surface area (Å²) < 4.78 is 52.1. The van der Waals surface area contributed by atoms with Gasteiger partial charge in [-0.25, -0.2) is 4.39 Å². The van der Waals surface area contributed by atoms with Crippen molar-refractivity contribution in [3.63, 3.8) is 0 Å². The Labute approximate surface area is 107 Å². The highest BCUT2D eigenvalue weighted by molar-refractivity contribution is 5.75. The zero-order chi connectivity index (χ0) is 14.3. The van der Waals surface area contributed by atoms with Gasteiger partial charge >= 0.3 is 6.18 Å². The van der Waals surface area contributed by atoms with Crippen LogP contribution in [0.5, 0.6) is 0 Å². The topological polar surface area (TPSA) is 38.3 Å². The molecule has 106 valence electrons. The maximum Gasteiger partial charge on any atom is 0.411 e. The quantitative estimate of drug-likeness (QED) is 0.641. The molecule has 0 aliphatic carbocycles. The number of hydrogen-bond donors (Lipinski definition) is 1. The van der Waals surface area contributed by atoms with E-state index in [1.165, 1.54) is 24.3 Å². The van der Waals surface area contributed by atoms with Crippen molar-refractivity contribution in [2.75, 3.05) is 13.2 Å². The van der Waals surface area contributed by atoms with Crippen molar-refractivity contribution in [2.45, 2.75) is 19.1 Å². The van der Waals surface area contributed by atoms with Gasteiger partial charge in [-0.3, -0.25) is 4.79 Å². The molecule has 0 bridgehead atoms. The minimum Gasteiger partial charge on any atom is -0.372 e. The molecule has 0 unspecified atom stereocenters. The number of nitrogens with one attached hydrogen (secondary N) is 1. The Morgan fingerprint density at radius 3 is 2.42 bits per heavy atom. The molecule has 0 fully saturated rings. The molecule has 0 aliphatic rings. The highest BCUT2D eigenvalue weighted by Crippen LogP contribution is 2.14. The lowest BCUT2D eigenvalue weighted by molar-refractivity contribution is -0.174. The maximum absolute atomic E-state index is 12.6. The SMILES string of the molecule is O=C(CCOCC(F)(F)F)NCc1ccc(F)cc1. The number of alkyl halides is 3. The van der Waals surface area contributed by atoms with Gasteiger partial charge in [0.1, 0.15) is 12.4 Å². The van der Waals surface area contributed by atoms with E-state index in [0.29, 0.717) is 5.56 Å². The van der Waals surface area contributed by atoms with Crippen molar-refractivity contribution in [1.29, 1.82) is 0 Å². The van der Waals surface area contributed by atoms with Crippen LogP contribution in [0.25, 0.3) is 0 Å². The molecule has 0 atom stereocenters. The highest BCUT2D eigenvalue weighted by Gasteiger charge is 2.27. The van der Waals surface area contributed by atoms with Crippen LogP contribution < -0.4 is 5.32 Å². The summed E-state index contributed by atoms with van der Waals surface area (Å²) in [5, 5.41) is 2.49. The largest absolute Gasteiger partial charge is 0.411 e. The molecule has 3 nitrogen and oxygen atoms in total. The van der Waals surface area contributed by atoms with E-state index in [-0.39, 0.29) is 25.4 Å². The van der Waals surface area contributed by atoms with Crippen molar-refractivity contribution in [3.8, 4) is 0 Å². The second kappa shape index (κ2) is 7.08. The Kier molecular flexibility index (Phi) is 5.75. The molecule has 0 saturated carbocycles. The highest BCUT2D eigenvalue weighted by atomic mass is 19.4. The number of carbonyl (C=O) groups excluding carboxylic acids is 1. The Balaban J connectivity index is 2.16. The van der Waals surface area contributed by atoms with E-state index < -0.39 is 18.7 Å². The molecule has 1 N–H and O–H groups in total. The van der Waals surface area contributed by atoms with Gasteiger partial charge in [-0.05, 0) is 17.7 Å². The van der Waals surface area contributed by atoms with E-state index in [4.69, 9.17) is 0 Å². The molecular weight excluding hydrogens is 266 g/mol. The number of rotatable bonds is 6. The lowest BCUT2D eigenvalue weighted by atomic mass is 10.2. The van der Waals surface area contributed by atoms with Gasteiger partial charge in [0.2, 0.25) is 5.91 Å². The standard InChI is InChI=1S/C12H13F4NO2/c13-10-3-1-9(2-4-10)7-17-11(18)5-6-19-8-12(14,15)16/h1-4H,5-8H2,(H,17,18). The lowest BCUT2D eigenvalue weighted by Crippen LogP contribution is -2.25. The van der Waals surface area contributed by atoms with Crippen LogP contribution in [0.4, 0.5) is 17.6 Å². The van der Waals surface area contributed by atoms with Crippen LogP contribution in [0.3, 0.4) is 0 Å². The minimum absolute atomic E-state index is 0.155. The van der Waals surface area contributed by atoms with Crippen molar-refractivity contribution < 1.29 is 27.1 Å². The molecule has 19 heavy (non-hydrogen) atoms. The Morgan fingerprint density at radius 1 is 1.21 bits per heavy atom. The van der Waals surface area contributed by atoms with Gasteiger partial charge < -0.3 is 10.1 Å². The summed E-state index contributed by atoms with van der Waals surface area (Å²) in [5.41, 5.74) is 0.700. The van der Waals surface area contributed by atoms with Gasteiger partial charge in [-0.15, -0.1) is 0 Å². The first-order valence-electron chi connectivity index (χ1n) is 5.52. The third-order valence-corrected chi connectivity index (χ3v) is 2.14. The van der Waals surface area contributed by atoms with Crippen LogP contribution in [-0.2, 0) is 16.1 Å². The van der Waals surface area contributed by atoms with Gasteiger partial charge in [-0.2, -0.15) is 13.2 Å². The molecule has 1 aromatic rings. The fourth-order valence-electron chi connectivity index (χ4n) is 1.24. The predicted molar refractivity (Wildman–Crippen MR) is 59.7 cm³/mol. The maximum atomic E-state index is 12.6. The van der Waals surface area contributed by atoms with Crippen LogP contribution in [0, 0.1) is 5.82 Å². The summed E-state index contributed by atoms with van der Waals surface area (Å²) in [4.78, 5) is 11.3. The van der Waals surface area contributed by atoms with Gasteiger partial charge in [0.25, 0.3) is 0 Å². The second-order valence-electron chi connectivity index (χ2n) is 3.82. The first-order valence-corrected chi connectivity index (χ1v) is 5.52. The van der Waals surface area contributed by atoms with Crippen LogP contribution in [0.2, 0.25) is 0 Å². The summed E-state index contributed by atoms with van der Waals surface area (Å²) in [6, 6.07) is 5.54. The Morgan fingerprint density at radius 2 is 1.84 bits per heavy atom. The molecule has 0 radical (unpaired) electrons. The number of hydrogen-bond acceptors (Lipinski definition) is 2. The zero-order valence-corrected chi connectivity index (χ0v) is 9.97. The molecule has 1 amide bonds. The van der Waals surface area contributed by atoms with Crippen molar-refractivity contribution in [1.82, 2.24) is 5.32 Å². The second-order valence-corrected chi connectivity index (χ2v) is 3.82. The molecule has 1 aromatic carbocycles. The molecule has 0 aromatic heterocycles.